The highest BCUT2D eigenvalue weighted by Crippen LogP contribution is 2.31. The Kier molecular flexibility index (Phi) is 4.80. The molecule has 0 radical (unpaired) electrons. The summed E-state index contributed by atoms with van der Waals surface area (Å²) in [5.41, 5.74) is -1.34. The maximum atomic E-state index is 12.5. The van der Waals surface area contributed by atoms with Crippen molar-refractivity contribution < 1.29 is 24.2 Å². The molecule has 2 heterocycles. The first-order valence-corrected chi connectivity index (χ1v) is 8.84. The maximum absolute atomic E-state index is 12.5. The van der Waals surface area contributed by atoms with Crippen molar-refractivity contribution in [2.24, 2.45) is 11.8 Å². The average Bonchev–Trinajstić information content (AvgIpc) is 3.16. The number of aliphatic carboxylic acids is 1. The van der Waals surface area contributed by atoms with Gasteiger partial charge in [0.2, 0.25) is 11.8 Å². The van der Waals surface area contributed by atoms with Crippen molar-refractivity contribution in [3.8, 4) is 0 Å². The quantitative estimate of drug-likeness (QED) is 0.789. The van der Waals surface area contributed by atoms with Crippen LogP contribution < -0.4 is 5.32 Å². The second-order valence-electron chi connectivity index (χ2n) is 7.54. The third-order valence-electron chi connectivity index (χ3n) is 5.75. The zero-order valence-electron chi connectivity index (χ0n) is 14.1. The van der Waals surface area contributed by atoms with Gasteiger partial charge in [-0.15, -0.1) is 0 Å². The molecular formula is C17H26N2O5. The van der Waals surface area contributed by atoms with Crippen molar-refractivity contribution >= 4 is 17.8 Å². The van der Waals surface area contributed by atoms with Crippen LogP contribution >= 0.6 is 0 Å². The Morgan fingerprint density at radius 2 is 2.00 bits per heavy atom. The number of likely N-dealkylation sites (tertiary alicyclic amines) is 1. The van der Waals surface area contributed by atoms with Gasteiger partial charge >= 0.3 is 5.97 Å². The number of carboxylic acids is 1. The second-order valence-corrected chi connectivity index (χ2v) is 7.54. The molecule has 1 saturated carbocycles. The third-order valence-corrected chi connectivity index (χ3v) is 5.75. The van der Waals surface area contributed by atoms with Crippen molar-refractivity contribution in [1.82, 2.24) is 10.2 Å². The number of nitrogens with one attached hydrogen (secondary N) is 1. The predicted molar refractivity (Wildman–Crippen MR) is 85.2 cm³/mol. The molecule has 2 unspecified atom stereocenters. The van der Waals surface area contributed by atoms with E-state index in [1.165, 1.54) is 0 Å². The predicted octanol–water partition coefficient (Wildman–Crippen LogP) is 0.774. The highest BCUT2D eigenvalue weighted by Gasteiger charge is 2.47. The smallest absolute Gasteiger partial charge is 0.331 e. The van der Waals surface area contributed by atoms with Crippen LogP contribution in [0.25, 0.3) is 0 Å². The summed E-state index contributed by atoms with van der Waals surface area (Å²) in [5, 5.41) is 12.1. The summed E-state index contributed by atoms with van der Waals surface area (Å²) in [6, 6.07) is 0.231. The van der Waals surface area contributed by atoms with E-state index in [1.807, 2.05) is 4.90 Å². The Balaban J connectivity index is 1.60. The SMILES string of the molecule is CC1CCC(N2CC(C(=O)NC3(C(=O)O)CCOC3)CC2=O)CC1. The van der Waals surface area contributed by atoms with E-state index in [0.29, 0.717) is 19.1 Å². The van der Waals surface area contributed by atoms with Gasteiger partial charge in [-0.05, 0) is 31.6 Å². The highest BCUT2D eigenvalue weighted by atomic mass is 16.5. The fourth-order valence-electron chi connectivity index (χ4n) is 4.04. The van der Waals surface area contributed by atoms with Gasteiger partial charge in [0, 0.05) is 32.0 Å². The van der Waals surface area contributed by atoms with Gasteiger partial charge in [0.15, 0.2) is 5.54 Å². The van der Waals surface area contributed by atoms with Crippen LogP contribution in [0.3, 0.4) is 0 Å². The number of hydrogen-bond acceptors (Lipinski definition) is 4. The van der Waals surface area contributed by atoms with E-state index in [-0.39, 0.29) is 37.3 Å². The highest BCUT2D eigenvalue weighted by molar-refractivity contribution is 5.93. The topological polar surface area (TPSA) is 95.9 Å². The zero-order valence-corrected chi connectivity index (χ0v) is 14.1. The summed E-state index contributed by atoms with van der Waals surface area (Å²) in [6.45, 7) is 2.94. The Labute approximate surface area is 141 Å². The minimum absolute atomic E-state index is 0.0149. The van der Waals surface area contributed by atoms with E-state index in [2.05, 4.69) is 12.2 Å². The lowest BCUT2D eigenvalue weighted by Gasteiger charge is -2.33. The molecule has 7 heteroatoms. The summed E-state index contributed by atoms with van der Waals surface area (Å²) in [7, 11) is 0. The second kappa shape index (κ2) is 6.70. The normalized spacial score (nSPS) is 36.8. The first-order chi connectivity index (χ1) is 11.4. The van der Waals surface area contributed by atoms with Crippen LogP contribution in [0.4, 0.5) is 0 Å². The van der Waals surface area contributed by atoms with Crippen molar-refractivity contribution in [3.63, 3.8) is 0 Å². The van der Waals surface area contributed by atoms with Crippen molar-refractivity contribution in [3.05, 3.63) is 0 Å². The van der Waals surface area contributed by atoms with Crippen molar-refractivity contribution in [2.75, 3.05) is 19.8 Å². The molecule has 0 spiro atoms. The Morgan fingerprint density at radius 3 is 2.58 bits per heavy atom. The van der Waals surface area contributed by atoms with E-state index < -0.39 is 17.4 Å². The van der Waals surface area contributed by atoms with Crippen LogP contribution in [0.2, 0.25) is 0 Å². The van der Waals surface area contributed by atoms with Crippen LogP contribution in [-0.2, 0) is 19.1 Å². The van der Waals surface area contributed by atoms with Gasteiger partial charge in [0.05, 0.1) is 12.5 Å². The van der Waals surface area contributed by atoms with E-state index in [0.717, 1.165) is 25.7 Å². The standard InChI is InChI=1S/C17H26N2O5/c1-11-2-4-13(5-3-11)19-9-12(8-14(19)20)15(21)18-17(16(22)23)6-7-24-10-17/h11-13H,2-10H2,1H3,(H,18,21)(H,22,23). The summed E-state index contributed by atoms with van der Waals surface area (Å²) in [4.78, 5) is 38.2. The van der Waals surface area contributed by atoms with E-state index >= 15 is 0 Å². The molecule has 1 aliphatic carbocycles. The molecular weight excluding hydrogens is 312 g/mol. The Bertz CT molecular complexity index is 521. The molecule has 134 valence electrons. The van der Waals surface area contributed by atoms with Crippen LogP contribution in [0, 0.1) is 11.8 Å². The zero-order chi connectivity index (χ0) is 17.3. The molecule has 0 bridgehead atoms. The molecule has 2 saturated heterocycles. The molecule has 0 aromatic rings. The Morgan fingerprint density at radius 1 is 1.29 bits per heavy atom. The average molecular weight is 338 g/mol. The fraction of sp³-hybridized carbons (Fsp3) is 0.824. The summed E-state index contributed by atoms with van der Waals surface area (Å²) in [6.07, 6.45) is 4.66. The van der Waals surface area contributed by atoms with Gasteiger partial charge < -0.3 is 20.1 Å². The molecule has 2 amide bonds. The van der Waals surface area contributed by atoms with Gasteiger partial charge in [-0.3, -0.25) is 9.59 Å². The minimum Gasteiger partial charge on any atom is -0.479 e. The molecule has 2 N–H and O–H groups in total. The lowest BCUT2D eigenvalue weighted by molar-refractivity contribution is -0.148. The number of ether oxygens (including phenoxy) is 1. The van der Waals surface area contributed by atoms with Crippen LogP contribution in [-0.4, -0.2) is 59.1 Å². The minimum atomic E-state index is -1.34. The van der Waals surface area contributed by atoms with Gasteiger partial charge in [-0.25, -0.2) is 4.79 Å². The van der Waals surface area contributed by atoms with Crippen LogP contribution in [0.1, 0.15) is 45.4 Å². The first kappa shape index (κ1) is 17.2. The number of rotatable bonds is 4. The van der Waals surface area contributed by atoms with E-state index in [1.54, 1.807) is 0 Å². The monoisotopic (exact) mass is 338 g/mol. The third kappa shape index (κ3) is 3.27. The number of carbonyl (C=O) groups is 3. The molecule has 3 aliphatic rings. The fourth-order valence-corrected chi connectivity index (χ4v) is 4.04. The molecule has 2 aliphatic heterocycles. The van der Waals surface area contributed by atoms with Crippen molar-refractivity contribution in [1.29, 1.82) is 0 Å². The van der Waals surface area contributed by atoms with E-state index in [9.17, 15) is 19.5 Å². The summed E-state index contributed by atoms with van der Waals surface area (Å²) < 4.78 is 5.16. The first-order valence-electron chi connectivity index (χ1n) is 8.84. The van der Waals surface area contributed by atoms with Crippen LogP contribution in [0.5, 0.6) is 0 Å². The molecule has 0 aromatic heterocycles. The molecule has 3 rings (SSSR count). The van der Waals surface area contributed by atoms with Gasteiger partial charge in [0.1, 0.15) is 0 Å². The number of carbonyl (C=O) groups excluding carboxylic acids is 2. The van der Waals surface area contributed by atoms with Gasteiger partial charge in [0.25, 0.3) is 0 Å². The van der Waals surface area contributed by atoms with Gasteiger partial charge in [-0.1, -0.05) is 6.92 Å². The maximum Gasteiger partial charge on any atom is 0.331 e. The van der Waals surface area contributed by atoms with Crippen LogP contribution in [0.15, 0.2) is 0 Å². The number of nitrogens with zero attached hydrogens (tertiary/aromatic N) is 1. The largest absolute Gasteiger partial charge is 0.479 e. The summed E-state index contributed by atoms with van der Waals surface area (Å²) >= 11 is 0. The lowest BCUT2D eigenvalue weighted by atomic mass is 9.86. The lowest BCUT2D eigenvalue weighted by Crippen LogP contribution is -2.56. The Hall–Kier alpha value is -1.63. The summed E-state index contributed by atoms with van der Waals surface area (Å²) in [5.74, 6) is -1.16. The molecule has 3 fully saturated rings. The number of carboxylic acid groups (broad SMARTS) is 1. The van der Waals surface area contributed by atoms with Crippen molar-refractivity contribution in [2.45, 2.75) is 57.0 Å². The molecule has 7 nitrogen and oxygen atoms in total. The molecule has 24 heavy (non-hydrogen) atoms. The molecule has 0 aromatic carbocycles. The number of hydrogen-bond donors (Lipinski definition) is 2. The van der Waals surface area contributed by atoms with E-state index in [4.69, 9.17) is 4.74 Å². The number of amides is 2. The molecule has 2 atom stereocenters. The van der Waals surface area contributed by atoms with Gasteiger partial charge in [-0.2, -0.15) is 0 Å².